The van der Waals surface area contributed by atoms with E-state index in [2.05, 4.69) is 11.0 Å². The van der Waals surface area contributed by atoms with Crippen molar-refractivity contribution >= 4 is 5.91 Å². The van der Waals surface area contributed by atoms with Gasteiger partial charge in [-0.2, -0.15) is 0 Å². The topological polar surface area (TPSA) is 42.0 Å². The van der Waals surface area contributed by atoms with Crippen molar-refractivity contribution in [2.75, 3.05) is 40.4 Å². The van der Waals surface area contributed by atoms with Crippen LogP contribution in [0.4, 0.5) is 0 Å². The van der Waals surface area contributed by atoms with E-state index >= 15 is 0 Å². The summed E-state index contributed by atoms with van der Waals surface area (Å²) < 4.78 is 10.8. The molecule has 1 fully saturated rings. The summed E-state index contributed by atoms with van der Waals surface area (Å²) in [5.41, 5.74) is 1.14. The van der Waals surface area contributed by atoms with Gasteiger partial charge in [-0.05, 0) is 39.3 Å². The maximum Gasteiger partial charge on any atom is 0.236 e. The Balaban J connectivity index is 2.17. The molecule has 0 aromatic heterocycles. The molecule has 0 radical (unpaired) electrons. The molecule has 1 amide bonds. The maximum absolute atomic E-state index is 12.4. The summed E-state index contributed by atoms with van der Waals surface area (Å²) >= 11 is 0. The quantitative estimate of drug-likeness (QED) is 0.775. The van der Waals surface area contributed by atoms with Crippen LogP contribution in [-0.4, -0.2) is 56.1 Å². The molecule has 0 saturated carbocycles. The van der Waals surface area contributed by atoms with Crippen molar-refractivity contribution in [3.8, 4) is 11.5 Å². The Morgan fingerprint density at radius 3 is 2.61 bits per heavy atom. The van der Waals surface area contributed by atoms with Crippen LogP contribution in [0.3, 0.4) is 0 Å². The van der Waals surface area contributed by atoms with Gasteiger partial charge in [0.25, 0.3) is 0 Å². The molecule has 1 atom stereocenters. The summed E-state index contributed by atoms with van der Waals surface area (Å²) in [6.45, 7) is 7.00. The minimum absolute atomic E-state index is 0.203. The molecular formula is C18H28N2O3. The van der Waals surface area contributed by atoms with E-state index in [9.17, 15) is 4.79 Å². The van der Waals surface area contributed by atoms with E-state index in [0.29, 0.717) is 6.54 Å². The zero-order valence-corrected chi connectivity index (χ0v) is 14.7. The number of benzene rings is 1. The van der Waals surface area contributed by atoms with Crippen molar-refractivity contribution < 1.29 is 14.3 Å². The second-order valence-electron chi connectivity index (χ2n) is 5.80. The van der Waals surface area contributed by atoms with Crippen LogP contribution >= 0.6 is 0 Å². The van der Waals surface area contributed by atoms with Gasteiger partial charge in [0.2, 0.25) is 5.91 Å². The monoisotopic (exact) mass is 320 g/mol. The fourth-order valence-corrected chi connectivity index (χ4v) is 3.31. The van der Waals surface area contributed by atoms with Crippen LogP contribution in [0.5, 0.6) is 11.5 Å². The maximum atomic E-state index is 12.4. The summed E-state index contributed by atoms with van der Waals surface area (Å²) in [7, 11) is 3.33. The predicted molar refractivity (Wildman–Crippen MR) is 91.0 cm³/mol. The van der Waals surface area contributed by atoms with Crippen LogP contribution < -0.4 is 9.47 Å². The molecule has 1 unspecified atom stereocenters. The van der Waals surface area contributed by atoms with Crippen LogP contribution in [0.25, 0.3) is 0 Å². The van der Waals surface area contributed by atoms with Crippen LogP contribution in [0.15, 0.2) is 18.2 Å². The molecule has 1 saturated heterocycles. The largest absolute Gasteiger partial charge is 0.497 e. The molecule has 1 aromatic rings. The highest BCUT2D eigenvalue weighted by molar-refractivity contribution is 5.78. The Morgan fingerprint density at radius 1 is 1.26 bits per heavy atom. The van der Waals surface area contributed by atoms with Crippen LogP contribution in [0.1, 0.15) is 38.3 Å². The van der Waals surface area contributed by atoms with Gasteiger partial charge in [-0.1, -0.05) is 6.07 Å². The molecule has 0 bridgehead atoms. The van der Waals surface area contributed by atoms with E-state index in [1.165, 1.54) is 0 Å². The Bertz CT molecular complexity index is 529. The smallest absolute Gasteiger partial charge is 0.236 e. The fraction of sp³-hybridized carbons (Fsp3) is 0.611. The Hall–Kier alpha value is -1.75. The van der Waals surface area contributed by atoms with E-state index < -0.39 is 0 Å². The van der Waals surface area contributed by atoms with Crippen LogP contribution in [0, 0.1) is 0 Å². The van der Waals surface area contributed by atoms with Gasteiger partial charge >= 0.3 is 0 Å². The molecule has 1 aliphatic rings. The normalized spacial score (nSPS) is 18.0. The van der Waals surface area contributed by atoms with E-state index in [-0.39, 0.29) is 11.9 Å². The average molecular weight is 320 g/mol. The summed E-state index contributed by atoms with van der Waals surface area (Å²) in [4.78, 5) is 16.6. The third-order valence-electron chi connectivity index (χ3n) is 4.62. The molecule has 5 heteroatoms. The molecule has 128 valence electrons. The lowest BCUT2D eigenvalue weighted by atomic mass is 10.0. The first-order valence-electron chi connectivity index (χ1n) is 8.38. The number of carbonyl (C=O) groups excluding carboxylic acids is 1. The number of methoxy groups -OCH3 is 2. The minimum atomic E-state index is 0.203. The average Bonchev–Trinajstić information content (AvgIpc) is 3.03. The summed E-state index contributed by atoms with van der Waals surface area (Å²) in [6.07, 6.45) is 2.15. The number of likely N-dealkylation sites (N-methyl/N-ethyl adjacent to an activating group) is 1. The lowest BCUT2D eigenvalue weighted by Gasteiger charge is -2.28. The summed E-state index contributed by atoms with van der Waals surface area (Å²) in [5.74, 6) is 1.82. The lowest BCUT2D eigenvalue weighted by Crippen LogP contribution is -2.40. The third-order valence-corrected chi connectivity index (χ3v) is 4.62. The highest BCUT2D eigenvalue weighted by atomic mass is 16.5. The van der Waals surface area contributed by atoms with Crippen molar-refractivity contribution in [1.29, 1.82) is 0 Å². The van der Waals surface area contributed by atoms with E-state index in [1.807, 2.05) is 30.9 Å². The lowest BCUT2D eigenvalue weighted by molar-refractivity contribution is -0.132. The number of nitrogens with zero attached hydrogens (tertiary/aromatic N) is 2. The molecule has 1 aromatic carbocycles. The highest BCUT2D eigenvalue weighted by Crippen LogP contribution is 2.38. The number of rotatable bonds is 7. The second kappa shape index (κ2) is 8.20. The zero-order chi connectivity index (χ0) is 16.8. The van der Waals surface area contributed by atoms with Crippen LogP contribution in [0.2, 0.25) is 0 Å². The van der Waals surface area contributed by atoms with Crippen molar-refractivity contribution in [2.24, 2.45) is 0 Å². The highest BCUT2D eigenvalue weighted by Gasteiger charge is 2.30. The molecule has 0 aliphatic carbocycles. The Labute approximate surface area is 139 Å². The Kier molecular flexibility index (Phi) is 6.28. The molecule has 23 heavy (non-hydrogen) atoms. The van der Waals surface area contributed by atoms with Gasteiger partial charge in [-0.15, -0.1) is 0 Å². The second-order valence-corrected chi connectivity index (χ2v) is 5.80. The van der Waals surface area contributed by atoms with Crippen LogP contribution in [-0.2, 0) is 4.79 Å². The van der Waals surface area contributed by atoms with Crippen molar-refractivity contribution in [3.05, 3.63) is 23.8 Å². The number of hydrogen-bond acceptors (Lipinski definition) is 4. The van der Waals surface area contributed by atoms with Gasteiger partial charge < -0.3 is 14.4 Å². The van der Waals surface area contributed by atoms with Crippen molar-refractivity contribution in [2.45, 2.75) is 32.7 Å². The molecule has 5 nitrogen and oxygen atoms in total. The molecule has 1 heterocycles. The SMILES string of the molecule is CCN(CC)C(=O)CN1CCCC1c1ccc(OC)cc1OC. The number of ether oxygens (including phenoxy) is 2. The van der Waals surface area contributed by atoms with Gasteiger partial charge in [0.15, 0.2) is 0 Å². The van der Waals surface area contributed by atoms with Gasteiger partial charge in [0.1, 0.15) is 11.5 Å². The van der Waals surface area contributed by atoms with Gasteiger partial charge in [0, 0.05) is 30.8 Å². The van der Waals surface area contributed by atoms with Crippen molar-refractivity contribution in [1.82, 2.24) is 9.80 Å². The van der Waals surface area contributed by atoms with Crippen molar-refractivity contribution in [3.63, 3.8) is 0 Å². The molecule has 2 rings (SSSR count). The van der Waals surface area contributed by atoms with E-state index in [1.54, 1.807) is 14.2 Å². The van der Waals surface area contributed by atoms with E-state index in [4.69, 9.17) is 9.47 Å². The number of hydrogen-bond donors (Lipinski definition) is 0. The Morgan fingerprint density at radius 2 is 2.00 bits per heavy atom. The van der Waals surface area contributed by atoms with Gasteiger partial charge in [0.05, 0.1) is 20.8 Å². The molecule has 0 N–H and O–H groups in total. The minimum Gasteiger partial charge on any atom is -0.497 e. The first-order valence-corrected chi connectivity index (χ1v) is 8.38. The van der Waals surface area contributed by atoms with Gasteiger partial charge in [-0.3, -0.25) is 9.69 Å². The third kappa shape index (κ3) is 3.96. The number of carbonyl (C=O) groups is 1. The van der Waals surface area contributed by atoms with Gasteiger partial charge in [-0.25, -0.2) is 0 Å². The molecular weight excluding hydrogens is 292 g/mol. The van der Waals surface area contributed by atoms with E-state index in [0.717, 1.165) is 49.5 Å². The fourth-order valence-electron chi connectivity index (χ4n) is 3.31. The number of amides is 1. The summed E-state index contributed by atoms with van der Waals surface area (Å²) in [6, 6.07) is 6.16. The first-order chi connectivity index (χ1) is 11.1. The molecule has 1 aliphatic heterocycles. The predicted octanol–water partition coefficient (Wildman–Crippen LogP) is 2.71. The first kappa shape index (κ1) is 17.6. The molecule has 0 spiro atoms. The zero-order valence-electron chi connectivity index (χ0n) is 14.7. The number of likely N-dealkylation sites (tertiary alicyclic amines) is 1. The summed E-state index contributed by atoms with van der Waals surface area (Å²) in [5, 5.41) is 0. The standard InChI is InChI=1S/C18H28N2O3/c1-5-19(6-2)18(21)13-20-11-7-8-16(20)15-10-9-14(22-3)12-17(15)23-4/h9-10,12,16H,5-8,11,13H2,1-4H3.